The number of guanidine groups is 1. The molecule has 0 unspecified atom stereocenters. The van der Waals surface area contributed by atoms with E-state index in [9.17, 15) is 63.0 Å². The van der Waals surface area contributed by atoms with Gasteiger partial charge in [0.15, 0.2) is 5.96 Å². The molecule has 0 radical (unpaired) electrons. The number of aromatic nitrogens is 1. The summed E-state index contributed by atoms with van der Waals surface area (Å²) in [7, 11) is 1.54. The summed E-state index contributed by atoms with van der Waals surface area (Å²) in [6.45, 7) is 7.35. The minimum atomic E-state index is -1.87. The number of hydrogen-bond acceptors (Lipinski definition) is 15. The van der Waals surface area contributed by atoms with Crippen molar-refractivity contribution in [3.05, 3.63) is 102 Å². The number of nitrogens with one attached hydrogen (secondary N) is 15. The molecule has 0 bridgehead atoms. The van der Waals surface area contributed by atoms with Crippen LogP contribution < -0.4 is 80.8 Å². The molecule has 1 fully saturated rings. The van der Waals surface area contributed by atoms with Crippen molar-refractivity contribution >= 4 is 82.0 Å². The highest BCUT2D eigenvalue weighted by atomic mass is 16.3. The number of rotatable bonds is 33. The van der Waals surface area contributed by atoms with Crippen molar-refractivity contribution in [2.45, 2.75) is 146 Å². The molecule has 1 aromatic heterocycles. The fourth-order valence-electron chi connectivity index (χ4n) is 10.2. The van der Waals surface area contributed by atoms with Crippen LogP contribution in [0.25, 0.3) is 10.9 Å². The number of amides is 12. The predicted molar refractivity (Wildman–Crippen MR) is 335 cm³/mol. The number of aromatic hydroxyl groups is 1. The third-order valence-corrected chi connectivity index (χ3v) is 15.0. The van der Waals surface area contributed by atoms with Crippen LogP contribution in [0.3, 0.4) is 0 Å². The van der Waals surface area contributed by atoms with Gasteiger partial charge in [0.25, 0.3) is 5.91 Å². The Bertz CT molecular complexity index is 3160. The summed E-state index contributed by atoms with van der Waals surface area (Å²) in [5, 5.41) is 58.6. The Balaban J connectivity index is 1.29. The third-order valence-electron chi connectivity index (χ3n) is 15.0. The highest BCUT2D eigenvalue weighted by Crippen LogP contribution is 2.21. The van der Waals surface area contributed by atoms with Gasteiger partial charge in [0.1, 0.15) is 54.1 Å². The van der Waals surface area contributed by atoms with Crippen LogP contribution in [-0.2, 0) is 67.2 Å². The average Bonchev–Trinajstić information content (AvgIpc) is 2.02. The van der Waals surface area contributed by atoms with E-state index in [0.717, 1.165) is 17.8 Å². The number of primary amides is 2. The smallest absolute Gasteiger partial charge is 0.334 e. The van der Waals surface area contributed by atoms with Crippen LogP contribution in [0.5, 0.6) is 5.75 Å². The van der Waals surface area contributed by atoms with Crippen LogP contribution in [0.2, 0.25) is 0 Å². The fourth-order valence-corrected chi connectivity index (χ4v) is 10.2. The summed E-state index contributed by atoms with van der Waals surface area (Å²) in [5.74, 6) is -9.35. The Kier molecular flexibility index (Phi) is 28.4. The summed E-state index contributed by atoms with van der Waals surface area (Å²) < 4.78 is 0. The summed E-state index contributed by atoms with van der Waals surface area (Å²) in [4.78, 5) is 153. The summed E-state index contributed by atoms with van der Waals surface area (Å²) in [6.07, 6.45) is 0.541. The van der Waals surface area contributed by atoms with Crippen molar-refractivity contribution < 1.29 is 63.0 Å². The normalized spacial score (nSPS) is 15.2. The zero-order valence-electron chi connectivity index (χ0n) is 51.7. The van der Waals surface area contributed by atoms with Crippen LogP contribution >= 0.6 is 0 Å². The molecule has 1 aliphatic rings. The molecule has 9 atom stereocenters. The molecule has 30 nitrogen and oxygen atoms in total. The minimum absolute atomic E-state index is 0.00404. The number of carbonyl (C=O) groups is 11. The number of aliphatic hydroxyl groups is 1. The van der Waals surface area contributed by atoms with E-state index < -0.39 is 126 Å². The summed E-state index contributed by atoms with van der Waals surface area (Å²) in [6, 6.07) is 8.93. The van der Waals surface area contributed by atoms with Crippen molar-refractivity contribution in [1.82, 2.24) is 74.3 Å². The van der Waals surface area contributed by atoms with Gasteiger partial charge in [-0.05, 0) is 105 Å². The molecule has 2 heterocycles. The maximum atomic E-state index is 14.3. The second-order valence-electron chi connectivity index (χ2n) is 22.9. The number of hydrogen-bond donors (Lipinski definition) is 19. The Morgan fingerprint density at radius 1 is 0.615 bits per heavy atom. The monoisotopic (exact) mass is 1270 g/mol. The van der Waals surface area contributed by atoms with E-state index >= 15 is 0 Å². The molecule has 1 saturated heterocycles. The van der Waals surface area contributed by atoms with Crippen molar-refractivity contribution in [1.29, 1.82) is 5.41 Å². The van der Waals surface area contributed by atoms with E-state index in [-0.39, 0.29) is 75.0 Å². The van der Waals surface area contributed by atoms with Gasteiger partial charge in [0.05, 0.1) is 12.5 Å². The van der Waals surface area contributed by atoms with Crippen molar-refractivity contribution in [3.8, 4) is 5.75 Å². The number of H-pyrrole nitrogens is 1. The first-order chi connectivity index (χ1) is 43.3. The highest BCUT2D eigenvalue weighted by Gasteiger charge is 2.37. The Labute approximate surface area is 526 Å². The van der Waals surface area contributed by atoms with Crippen LogP contribution in [0.15, 0.2) is 85.1 Å². The molecule has 0 aliphatic carbocycles. The zero-order valence-corrected chi connectivity index (χ0v) is 51.7. The number of phenolic OH excluding ortho intramolecular Hbond substituents is 1. The molecule has 12 amide bonds. The minimum Gasteiger partial charge on any atom is -0.508 e. The standard InChI is InChI=1S/C61H87N17O13/c1-33(2)26-45(54(85)70-43(16-11-23-67-60(64)65-5)53(84)71-44(52(63)83)30-39-32-68-42-15-10-9-14-41(39)42)75-61(91)78-77-58(89)48(27-36-12-7-6-8-13-36)74-59(90)51(34(3)79)76-57(88)49(31-50(62)82)73-56(87)47(29-38-21-24-66-25-22-38)72-55(86)46(69-35(4)80)28-37-17-19-40(81)20-18-37/h6-10,12-15,17-20,32-34,38,43-49,51,66,68,79,81H,11,16,21-31H2,1-5H3,(H2,62,82)(H2,63,83)(H,69,80)(H,70,85)(H,71,84)(H,72,86)(H,73,87)(H,74,90)(H,76,88)(H,77,89)(H3,64,65,67)(H2,75,78,91)/t34-,43+,44+,45+,46-,47+,48+,49+,51+/m1/s1. The number of nitrogens with two attached hydrogens (primary N) is 2. The second-order valence-corrected chi connectivity index (χ2v) is 22.9. The molecule has 494 valence electrons. The lowest BCUT2D eigenvalue weighted by atomic mass is 9.90. The van der Waals surface area contributed by atoms with Crippen molar-refractivity contribution in [2.24, 2.45) is 23.3 Å². The number of phenols is 1. The number of urea groups is 1. The van der Waals surface area contributed by atoms with E-state index in [4.69, 9.17) is 16.9 Å². The Morgan fingerprint density at radius 3 is 1.80 bits per heavy atom. The van der Waals surface area contributed by atoms with Crippen molar-refractivity contribution in [3.63, 3.8) is 0 Å². The lowest BCUT2D eigenvalue weighted by Gasteiger charge is -2.30. The summed E-state index contributed by atoms with van der Waals surface area (Å²) in [5.41, 5.74) is 18.3. The number of piperidine rings is 1. The van der Waals surface area contributed by atoms with Crippen LogP contribution in [-0.4, -0.2) is 167 Å². The van der Waals surface area contributed by atoms with E-state index in [1.165, 1.54) is 19.1 Å². The number of hydrazine groups is 1. The van der Waals surface area contributed by atoms with Gasteiger partial charge in [0, 0.05) is 56.9 Å². The molecular weight excluding hydrogens is 1180 g/mol. The molecule has 1 aliphatic heterocycles. The van der Waals surface area contributed by atoms with Gasteiger partial charge in [-0.2, -0.15) is 0 Å². The van der Waals surface area contributed by atoms with Crippen LogP contribution in [0.4, 0.5) is 4.79 Å². The fraction of sp³-hybridized carbons (Fsp3) is 0.475. The van der Waals surface area contributed by atoms with Crippen molar-refractivity contribution in [2.75, 3.05) is 26.7 Å². The quantitative estimate of drug-likeness (QED) is 0.0103. The molecular formula is C61H87N17O13. The zero-order chi connectivity index (χ0) is 66.7. The first-order valence-corrected chi connectivity index (χ1v) is 30.1. The van der Waals surface area contributed by atoms with E-state index in [0.29, 0.717) is 42.6 Å². The number of aromatic amines is 1. The Morgan fingerprint density at radius 2 is 1.18 bits per heavy atom. The number of benzene rings is 3. The molecule has 0 saturated carbocycles. The van der Waals surface area contributed by atoms with Crippen LogP contribution in [0.1, 0.15) is 89.3 Å². The lowest BCUT2D eigenvalue weighted by Crippen LogP contribution is -2.62. The molecule has 3 aromatic carbocycles. The summed E-state index contributed by atoms with van der Waals surface area (Å²) >= 11 is 0. The number of para-hydroxylation sites is 1. The molecule has 91 heavy (non-hydrogen) atoms. The van der Waals surface area contributed by atoms with Gasteiger partial charge in [0.2, 0.25) is 53.2 Å². The molecule has 4 aromatic rings. The topological polar surface area (TPSA) is 476 Å². The molecule has 5 rings (SSSR count). The Hall–Kier alpha value is -9.84. The van der Waals surface area contributed by atoms with Gasteiger partial charge in [-0.25, -0.2) is 10.2 Å². The molecule has 30 heteroatoms. The number of carbonyl (C=O) groups excluding carboxylic acids is 11. The third kappa shape index (κ3) is 24.2. The number of fused-ring (bicyclic) bond motifs is 1. The first kappa shape index (κ1) is 71.9. The predicted octanol–water partition coefficient (Wildman–Crippen LogP) is -2.28. The molecule has 21 N–H and O–H groups in total. The van der Waals surface area contributed by atoms with Gasteiger partial charge < -0.3 is 85.1 Å². The van der Waals surface area contributed by atoms with Gasteiger partial charge in [-0.3, -0.25) is 58.8 Å². The first-order valence-electron chi connectivity index (χ1n) is 30.1. The van der Waals surface area contributed by atoms with Gasteiger partial charge in [-0.15, -0.1) is 0 Å². The van der Waals surface area contributed by atoms with E-state index in [1.807, 2.05) is 24.3 Å². The van der Waals surface area contributed by atoms with Gasteiger partial charge >= 0.3 is 6.03 Å². The largest absolute Gasteiger partial charge is 0.508 e. The van der Waals surface area contributed by atoms with Crippen LogP contribution in [0, 0.1) is 17.2 Å². The maximum absolute atomic E-state index is 14.3. The molecule has 0 spiro atoms. The average molecular weight is 1270 g/mol. The number of aliphatic hydroxyl groups excluding tert-OH is 1. The second kappa shape index (κ2) is 36.0. The van der Waals surface area contributed by atoms with Gasteiger partial charge in [-0.1, -0.05) is 74.5 Å². The maximum Gasteiger partial charge on any atom is 0.334 e. The van der Waals surface area contributed by atoms with E-state index in [1.54, 1.807) is 69.6 Å². The van der Waals surface area contributed by atoms with E-state index in [2.05, 4.69) is 74.3 Å². The SMILES string of the molecule is CNC(=N)NCCC[C@H](NC(=O)[C@H](CC(C)C)NC(=O)NNC(=O)[C@H](Cc1ccccc1)NC(=O)[C@@H](NC(=O)[C@H](CC(N)=O)NC(=O)[C@H](CC1CCNCC1)NC(=O)[C@@H](Cc1ccc(O)cc1)NC(C)=O)[C@@H](C)O)C(=O)N[C@@H](Cc1c[nH]c2ccccc12)C(N)=O. The lowest BCUT2D eigenvalue weighted by molar-refractivity contribution is -0.137. The highest BCUT2D eigenvalue weighted by molar-refractivity contribution is 5.99.